The summed E-state index contributed by atoms with van der Waals surface area (Å²) >= 11 is 6.16. The number of benzene rings is 2. The number of aryl methyl sites for hydroxylation is 1. The highest BCUT2D eigenvalue weighted by Crippen LogP contribution is 2.18. The summed E-state index contributed by atoms with van der Waals surface area (Å²) in [6, 6.07) is 17.0. The minimum atomic E-state index is -0.442. The molecular formula is C21H19ClN6O2. The van der Waals surface area contributed by atoms with Gasteiger partial charge in [-0.3, -0.25) is 18.5 Å². The Kier molecular flexibility index (Phi) is 5.24. The summed E-state index contributed by atoms with van der Waals surface area (Å²) in [4.78, 5) is 29.7. The number of halogens is 1. The van der Waals surface area contributed by atoms with Crippen LogP contribution in [0.2, 0.25) is 5.02 Å². The molecule has 2 heterocycles. The van der Waals surface area contributed by atoms with E-state index in [1.165, 1.54) is 11.6 Å². The summed E-state index contributed by atoms with van der Waals surface area (Å²) < 4.78 is 4.14. The van der Waals surface area contributed by atoms with E-state index in [-0.39, 0.29) is 5.65 Å². The highest BCUT2D eigenvalue weighted by molar-refractivity contribution is 6.33. The van der Waals surface area contributed by atoms with Crippen LogP contribution in [0, 0.1) is 0 Å². The number of fused-ring (bicyclic) bond motifs is 1. The number of nitrogens with zero attached hydrogens (tertiary/aromatic N) is 5. The topological polar surface area (TPSA) is 86.2 Å². The number of hydrazone groups is 1. The van der Waals surface area contributed by atoms with E-state index in [1.54, 1.807) is 23.9 Å². The molecule has 8 nitrogen and oxygen atoms in total. The lowest BCUT2D eigenvalue weighted by molar-refractivity contribution is 0.702. The Balaban J connectivity index is 1.83. The van der Waals surface area contributed by atoms with Crippen molar-refractivity contribution < 1.29 is 0 Å². The first kappa shape index (κ1) is 19.7. The summed E-state index contributed by atoms with van der Waals surface area (Å²) in [5.74, 6) is 0.343. The molecule has 0 aliphatic rings. The van der Waals surface area contributed by atoms with Crippen LogP contribution in [0.15, 0.2) is 69.3 Å². The standard InChI is InChI=1S/C21H19ClN6O2/c1-26-18-17(19(29)27(2)21(26)30)28(13-14-8-4-3-5-9-14)20(24-18)25-23-12-15-10-6-7-11-16(15)22/h3-12H,13H2,1-2H3,(H,24,25)/b23-12-. The zero-order chi connectivity index (χ0) is 21.3. The molecule has 4 rings (SSSR count). The van der Waals surface area contributed by atoms with Crippen molar-refractivity contribution in [1.29, 1.82) is 0 Å². The SMILES string of the molecule is Cn1c(=O)c2c(nc(N/N=C\c3ccccc3Cl)n2Cc2ccccc2)n(C)c1=O. The lowest BCUT2D eigenvalue weighted by Crippen LogP contribution is -2.37. The van der Waals surface area contributed by atoms with Crippen LogP contribution in [0.4, 0.5) is 5.95 Å². The monoisotopic (exact) mass is 422 g/mol. The number of anilines is 1. The highest BCUT2D eigenvalue weighted by Gasteiger charge is 2.19. The van der Waals surface area contributed by atoms with Crippen molar-refractivity contribution in [3.05, 3.63) is 91.6 Å². The maximum absolute atomic E-state index is 12.9. The van der Waals surface area contributed by atoms with Crippen molar-refractivity contribution in [2.75, 3.05) is 5.43 Å². The molecule has 0 radical (unpaired) electrons. The summed E-state index contributed by atoms with van der Waals surface area (Å²) in [6.45, 7) is 0.384. The maximum atomic E-state index is 12.9. The van der Waals surface area contributed by atoms with E-state index < -0.39 is 11.2 Å². The van der Waals surface area contributed by atoms with E-state index in [9.17, 15) is 9.59 Å². The predicted molar refractivity (Wildman–Crippen MR) is 118 cm³/mol. The van der Waals surface area contributed by atoms with Crippen LogP contribution >= 0.6 is 11.6 Å². The van der Waals surface area contributed by atoms with E-state index in [4.69, 9.17) is 11.6 Å². The largest absolute Gasteiger partial charge is 0.332 e. The first-order valence-corrected chi connectivity index (χ1v) is 9.59. The van der Waals surface area contributed by atoms with Crippen LogP contribution in [-0.4, -0.2) is 24.9 Å². The predicted octanol–water partition coefficient (Wildman–Crippen LogP) is 2.58. The minimum absolute atomic E-state index is 0.287. The fourth-order valence-corrected chi connectivity index (χ4v) is 3.38. The molecule has 0 atom stereocenters. The van der Waals surface area contributed by atoms with E-state index >= 15 is 0 Å². The normalized spacial score (nSPS) is 11.4. The molecule has 4 aromatic rings. The highest BCUT2D eigenvalue weighted by atomic mass is 35.5. The van der Waals surface area contributed by atoms with Crippen molar-refractivity contribution in [3.8, 4) is 0 Å². The fourth-order valence-electron chi connectivity index (χ4n) is 3.19. The molecule has 0 saturated heterocycles. The molecule has 0 aliphatic carbocycles. The van der Waals surface area contributed by atoms with Gasteiger partial charge in [0.25, 0.3) is 5.56 Å². The van der Waals surface area contributed by atoms with Crippen molar-refractivity contribution >= 4 is 34.9 Å². The molecule has 0 amide bonds. The smallest absolute Gasteiger partial charge is 0.298 e. The lowest BCUT2D eigenvalue weighted by atomic mass is 10.2. The molecule has 0 aliphatic heterocycles. The number of hydrogen-bond donors (Lipinski definition) is 1. The molecule has 1 N–H and O–H groups in total. The van der Waals surface area contributed by atoms with Gasteiger partial charge in [0.15, 0.2) is 11.2 Å². The number of hydrogen-bond acceptors (Lipinski definition) is 5. The average Bonchev–Trinajstić information content (AvgIpc) is 3.11. The Hall–Kier alpha value is -3.65. The number of aromatic nitrogens is 4. The van der Waals surface area contributed by atoms with Crippen LogP contribution in [0.25, 0.3) is 11.2 Å². The molecule has 0 saturated carbocycles. The van der Waals surface area contributed by atoms with Gasteiger partial charge in [-0.15, -0.1) is 0 Å². The third kappa shape index (κ3) is 3.53. The van der Waals surface area contributed by atoms with E-state index in [0.29, 0.717) is 23.0 Å². The third-order valence-corrected chi connectivity index (χ3v) is 5.15. The average molecular weight is 423 g/mol. The molecule has 0 spiro atoms. The molecule has 2 aromatic heterocycles. The van der Waals surface area contributed by atoms with Crippen molar-refractivity contribution in [1.82, 2.24) is 18.7 Å². The van der Waals surface area contributed by atoms with Crippen LogP contribution in [-0.2, 0) is 20.6 Å². The van der Waals surface area contributed by atoms with E-state index in [2.05, 4.69) is 15.5 Å². The molecular weight excluding hydrogens is 404 g/mol. The van der Waals surface area contributed by atoms with Crippen LogP contribution < -0.4 is 16.7 Å². The van der Waals surface area contributed by atoms with E-state index in [0.717, 1.165) is 15.7 Å². The Bertz CT molecular complexity index is 1370. The van der Waals surface area contributed by atoms with Gasteiger partial charge in [0.1, 0.15) is 0 Å². The van der Waals surface area contributed by atoms with Gasteiger partial charge < -0.3 is 0 Å². The van der Waals surface area contributed by atoms with Gasteiger partial charge in [0.2, 0.25) is 5.95 Å². The summed E-state index contributed by atoms with van der Waals surface area (Å²) in [7, 11) is 3.04. The van der Waals surface area contributed by atoms with Crippen LogP contribution in [0.3, 0.4) is 0 Å². The lowest BCUT2D eigenvalue weighted by Gasteiger charge is -2.09. The van der Waals surface area contributed by atoms with Crippen molar-refractivity contribution in [2.24, 2.45) is 19.2 Å². The maximum Gasteiger partial charge on any atom is 0.332 e. The Morgan fingerprint density at radius 3 is 2.47 bits per heavy atom. The minimum Gasteiger partial charge on any atom is -0.298 e. The molecule has 0 bridgehead atoms. The number of rotatable bonds is 5. The molecule has 0 fully saturated rings. The second-order valence-electron chi connectivity index (χ2n) is 6.78. The van der Waals surface area contributed by atoms with Gasteiger partial charge in [-0.25, -0.2) is 10.2 Å². The quantitative estimate of drug-likeness (QED) is 0.395. The summed E-state index contributed by atoms with van der Waals surface area (Å²) in [6.07, 6.45) is 1.58. The van der Waals surface area contributed by atoms with Crippen LogP contribution in [0.5, 0.6) is 0 Å². The van der Waals surface area contributed by atoms with Gasteiger partial charge in [-0.1, -0.05) is 60.1 Å². The van der Waals surface area contributed by atoms with Gasteiger partial charge in [0, 0.05) is 24.7 Å². The van der Waals surface area contributed by atoms with Crippen molar-refractivity contribution in [3.63, 3.8) is 0 Å². The Morgan fingerprint density at radius 2 is 1.73 bits per heavy atom. The second-order valence-corrected chi connectivity index (χ2v) is 7.18. The summed E-state index contributed by atoms with van der Waals surface area (Å²) in [5, 5.41) is 4.80. The van der Waals surface area contributed by atoms with Gasteiger partial charge in [0.05, 0.1) is 12.8 Å². The molecule has 0 unspecified atom stereocenters. The number of imidazole rings is 1. The third-order valence-electron chi connectivity index (χ3n) is 4.80. The van der Waals surface area contributed by atoms with Gasteiger partial charge in [-0.05, 0) is 11.6 Å². The van der Waals surface area contributed by atoms with Gasteiger partial charge >= 0.3 is 5.69 Å². The Labute approximate surface area is 176 Å². The molecule has 30 heavy (non-hydrogen) atoms. The molecule has 9 heteroatoms. The molecule has 2 aromatic carbocycles. The Morgan fingerprint density at radius 1 is 1.03 bits per heavy atom. The zero-order valence-electron chi connectivity index (χ0n) is 16.4. The zero-order valence-corrected chi connectivity index (χ0v) is 17.2. The first-order chi connectivity index (χ1) is 14.5. The summed E-state index contributed by atoms with van der Waals surface area (Å²) in [5.41, 5.74) is 4.35. The molecule has 152 valence electrons. The number of nitrogens with one attached hydrogen (secondary N) is 1. The van der Waals surface area contributed by atoms with Gasteiger partial charge in [-0.2, -0.15) is 10.1 Å². The first-order valence-electron chi connectivity index (χ1n) is 9.21. The second kappa shape index (κ2) is 8.00. The van der Waals surface area contributed by atoms with Crippen LogP contribution in [0.1, 0.15) is 11.1 Å². The fraction of sp³-hybridized carbons (Fsp3) is 0.143. The van der Waals surface area contributed by atoms with E-state index in [1.807, 2.05) is 48.5 Å². The van der Waals surface area contributed by atoms with Crippen molar-refractivity contribution in [2.45, 2.75) is 6.54 Å².